The Morgan fingerprint density at radius 2 is 1.78 bits per heavy atom. The Morgan fingerprint density at radius 3 is 2.50 bits per heavy atom. The molecule has 8 nitrogen and oxygen atoms in total. The lowest BCUT2D eigenvalue weighted by atomic mass is 10.1. The van der Waals surface area contributed by atoms with E-state index in [1.807, 2.05) is 24.3 Å². The minimum atomic E-state index is -0.513. The minimum absolute atomic E-state index is 0.0412. The molecule has 0 atom stereocenters. The van der Waals surface area contributed by atoms with Crippen molar-refractivity contribution in [1.82, 2.24) is 24.6 Å². The molecule has 0 bridgehead atoms. The molecule has 0 saturated carbocycles. The summed E-state index contributed by atoms with van der Waals surface area (Å²) in [5.74, 6) is -1.28. The van der Waals surface area contributed by atoms with Crippen LogP contribution in [0.5, 0.6) is 0 Å². The highest BCUT2D eigenvalue weighted by atomic mass is 19.1. The number of carbonyl (C=O) groups is 2. The SMILES string of the molecule is CCc1ccc(CNC(=O)Cn2nc3n(c2=O)CCN(Cc2ccccc2F)C3=O)cc1. The summed E-state index contributed by atoms with van der Waals surface area (Å²) in [6.45, 7) is 2.70. The van der Waals surface area contributed by atoms with Crippen molar-refractivity contribution < 1.29 is 14.0 Å². The van der Waals surface area contributed by atoms with E-state index in [4.69, 9.17) is 0 Å². The van der Waals surface area contributed by atoms with E-state index in [2.05, 4.69) is 17.3 Å². The highest BCUT2D eigenvalue weighted by Gasteiger charge is 2.30. The van der Waals surface area contributed by atoms with Crippen LogP contribution in [0, 0.1) is 5.82 Å². The van der Waals surface area contributed by atoms with Gasteiger partial charge in [0.15, 0.2) is 0 Å². The number of nitrogens with one attached hydrogen (secondary N) is 1. The van der Waals surface area contributed by atoms with Crippen LogP contribution in [0.3, 0.4) is 0 Å². The third-order valence-corrected chi connectivity index (χ3v) is 5.53. The van der Waals surface area contributed by atoms with Gasteiger partial charge < -0.3 is 10.2 Å². The number of halogens is 1. The molecule has 2 amide bonds. The van der Waals surface area contributed by atoms with Crippen LogP contribution in [0.1, 0.15) is 34.2 Å². The summed E-state index contributed by atoms with van der Waals surface area (Å²) in [6, 6.07) is 14.2. The van der Waals surface area contributed by atoms with E-state index >= 15 is 0 Å². The molecule has 0 unspecified atom stereocenters. The van der Waals surface area contributed by atoms with Gasteiger partial charge in [0.1, 0.15) is 12.4 Å². The predicted molar refractivity (Wildman–Crippen MR) is 115 cm³/mol. The smallest absolute Gasteiger partial charge is 0.346 e. The normalized spacial score (nSPS) is 13.2. The third-order valence-electron chi connectivity index (χ3n) is 5.53. The van der Waals surface area contributed by atoms with E-state index in [9.17, 15) is 18.8 Å². The average molecular weight is 437 g/mol. The monoisotopic (exact) mass is 437 g/mol. The van der Waals surface area contributed by atoms with Gasteiger partial charge >= 0.3 is 5.69 Å². The molecule has 166 valence electrons. The maximum absolute atomic E-state index is 14.0. The van der Waals surface area contributed by atoms with Crippen molar-refractivity contribution in [3.05, 3.63) is 87.3 Å². The van der Waals surface area contributed by atoms with Gasteiger partial charge in [-0.3, -0.25) is 14.2 Å². The van der Waals surface area contributed by atoms with E-state index in [0.29, 0.717) is 12.1 Å². The van der Waals surface area contributed by atoms with Gasteiger partial charge in [-0.15, -0.1) is 5.10 Å². The molecule has 32 heavy (non-hydrogen) atoms. The average Bonchev–Trinajstić information content (AvgIpc) is 3.12. The number of benzene rings is 2. The second kappa shape index (κ2) is 9.17. The number of aryl methyl sites for hydroxylation is 1. The van der Waals surface area contributed by atoms with Gasteiger partial charge in [-0.25, -0.2) is 13.9 Å². The summed E-state index contributed by atoms with van der Waals surface area (Å²) < 4.78 is 16.2. The molecule has 4 rings (SSSR count). The maximum Gasteiger partial charge on any atom is 0.346 e. The lowest BCUT2D eigenvalue weighted by Gasteiger charge is -2.26. The molecule has 9 heteroatoms. The molecule has 1 aliphatic heterocycles. The minimum Gasteiger partial charge on any atom is -0.350 e. The number of amides is 2. The number of carbonyl (C=O) groups excluding carboxylic acids is 2. The lowest BCUT2D eigenvalue weighted by Crippen LogP contribution is -2.42. The molecule has 1 aromatic heterocycles. The Morgan fingerprint density at radius 1 is 1.06 bits per heavy atom. The Balaban J connectivity index is 1.41. The van der Waals surface area contributed by atoms with Crippen molar-refractivity contribution in [2.45, 2.75) is 39.5 Å². The van der Waals surface area contributed by atoms with E-state index < -0.39 is 17.4 Å². The molecular weight excluding hydrogens is 413 g/mol. The van der Waals surface area contributed by atoms with E-state index in [-0.39, 0.29) is 37.9 Å². The summed E-state index contributed by atoms with van der Waals surface area (Å²) in [5.41, 5.74) is 2.04. The largest absolute Gasteiger partial charge is 0.350 e. The zero-order chi connectivity index (χ0) is 22.7. The lowest BCUT2D eigenvalue weighted by molar-refractivity contribution is -0.122. The highest BCUT2D eigenvalue weighted by Crippen LogP contribution is 2.15. The highest BCUT2D eigenvalue weighted by molar-refractivity contribution is 5.91. The second-order valence-electron chi connectivity index (χ2n) is 7.68. The van der Waals surface area contributed by atoms with Crippen molar-refractivity contribution in [1.29, 1.82) is 0 Å². The van der Waals surface area contributed by atoms with Crippen molar-refractivity contribution in [3.8, 4) is 0 Å². The fourth-order valence-corrected chi connectivity index (χ4v) is 3.64. The summed E-state index contributed by atoms with van der Waals surface area (Å²) in [7, 11) is 0. The van der Waals surface area contributed by atoms with Crippen LogP contribution in [0.25, 0.3) is 0 Å². The first-order valence-corrected chi connectivity index (χ1v) is 10.5. The zero-order valence-electron chi connectivity index (χ0n) is 17.8. The second-order valence-corrected chi connectivity index (χ2v) is 7.68. The number of fused-ring (bicyclic) bond motifs is 1. The van der Waals surface area contributed by atoms with Gasteiger partial charge in [-0.2, -0.15) is 0 Å². The standard InChI is InChI=1S/C23H24FN5O3/c1-2-16-7-9-17(10-8-16)13-25-20(30)15-29-23(32)28-12-11-27(22(31)21(28)26-29)14-18-5-3-4-6-19(18)24/h3-10H,2,11-15H2,1H3,(H,25,30). The van der Waals surface area contributed by atoms with Crippen LogP contribution in [0.15, 0.2) is 53.3 Å². The number of hydrogen-bond acceptors (Lipinski definition) is 4. The Kier molecular flexibility index (Phi) is 6.16. The molecule has 0 fully saturated rings. The topological polar surface area (TPSA) is 89.2 Å². The van der Waals surface area contributed by atoms with Gasteiger partial charge in [0, 0.05) is 31.7 Å². The molecule has 0 saturated heterocycles. The van der Waals surface area contributed by atoms with E-state index in [1.54, 1.807) is 18.2 Å². The first-order chi connectivity index (χ1) is 15.5. The van der Waals surface area contributed by atoms with Gasteiger partial charge in [0.05, 0.1) is 0 Å². The number of rotatable bonds is 7. The molecule has 2 heterocycles. The maximum atomic E-state index is 14.0. The van der Waals surface area contributed by atoms with Crippen LogP contribution in [0.4, 0.5) is 4.39 Å². The fourth-order valence-electron chi connectivity index (χ4n) is 3.64. The molecule has 0 aliphatic carbocycles. The van der Waals surface area contributed by atoms with Crippen LogP contribution >= 0.6 is 0 Å². The fraction of sp³-hybridized carbons (Fsp3) is 0.304. The first-order valence-electron chi connectivity index (χ1n) is 10.5. The summed E-state index contributed by atoms with van der Waals surface area (Å²) in [4.78, 5) is 39.2. The molecule has 3 aromatic rings. The van der Waals surface area contributed by atoms with Crippen molar-refractivity contribution in [3.63, 3.8) is 0 Å². The van der Waals surface area contributed by atoms with Crippen molar-refractivity contribution >= 4 is 11.8 Å². The predicted octanol–water partition coefficient (Wildman–Crippen LogP) is 1.72. The van der Waals surface area contributed by atoms with Crippen molar-refractivity contribution in [2.24, 2.45) is 0 Å². The number of hydrogen-bond donors (Lipinski definition) is 1. The van der Waals surface area contributed by atoms with Crippen molar-refractivity contribution in [2.75, 3.05) is 6.54 Å². The Hall–Kier alpha value is -3.75. The summed E-state index contributed by atoms with van der Waals surface area (Å²) in [6.07, 6.45) is 0.941. The van der Waals surface area contributed by atoms with Gasteiger partial charge in [-0.1, -0.05) is 49.4 Å². The van der Waals surface area contributed by atoms with Crippen LogP contribution in [0.2, 0.25) is 0 Å². The number of nitrogens with zero attached hydrogens (tertiary/aromatic N) is 4. The third kappa shape index (κ3) is 4.46. The molecule has 1 N–H and O–H groups in total. The van der Waals surface area contributed by atoms with Crippen LogP contribution in [-0.4, -0.2) is 37.6 Å². The number of aromatic nitrogens is 3. The van der Waals surface area contributed by atoms with Crippen LogP contribution < -0.4 is 11.0 Å². The molecule has 2 aromatic carbocycles. The van der Waals surface area contributed by atoms with Gasteiger partial charge in [0.2, 0.25) is 11.7 Å². The molecule has 1 aliphatic rings. The Labute approximate surface area is 184 Å². The molecular formula is C23H24FN5O3. The quantitative estimate of drug-likeness (QED) is 0.610. The van der Waals surface area contributed by atoms with E-state index in [0.717, 1.165) is 16.7 Å². The van der Waals surface area contributed by atoms with Gasteiger partial charge in [0.25, 0.3) is 5.91 Å². The van der Waals surface area contributed by atoms with Gasteiger partial charge in [-0.05, 0) is 23.6 Å². The Bertz CT molecular complexity index is 1200. The summed E-state index contributed by atoms with van der Waals surface area (Å²) in [5, 5.41) is 6.85. The molecule has 0 radical (unpaired) electrons. The summed E-state index contributed by atoms with van der Waals surface area (Å²) >= 11 is 0. The first kappa shape index (κ1) is 21.5. The molecule has 0 spiro atoms. The van der Waals surface area contributed by atoms with E-state index in [1.165, 1.54) is 21.1 Å². The van der Waals surface area contributed by atoms with Crippen LogP contribution in [-0.2, 0) is 37.4 Å². The zero-order valence-corrected chi connectivity index (χ0v) is 17.8.